The Balaban J connectivity index is 2.12. The molecule has 0 radical (unpaired) electrons. The van der Waals surface area contributed by atoms with Gasteiger partial charge in [-0.25, -0.2) is 4.98 Å². The average molecular weight is 295 g/mol. The normalized spacial score (nSPS) is 10.6. The van der Waals surface area contributed by atoms with Gasteiger partial charge in [0.15, 0.2) is 0 Å². The summed E-state index contributed by atoms with van der Waals surface area (Å²) in [5.41, 5.74) is 4.24. The van der Waals surface area contributed by atoms with E-state index in [1.54, 1.807) is 0 Å². The molecule has 17 heavy (non-hydrogen) atoms. The molecule has 4 nitrogen and oxygen atoms in total. The highest BCUT2D eigenvalue weighted by Crippen LogP contribution is 2.19. The van der Waals surface area contributed by atoms with Gasteiger partial charge in [-0.05, 0) is 41.9 Å². The Morgan fingerprint density at radius 3 is 2.71 bits per heavy atom. The van der Waals surface area contributed by atoms with Crippen molar-refractivity contribution in [2.45, 2.75) is 20.4 Å². The third-order valence-electron chi connectivity index (χ3n) is 2.73. The van der Waals surface area contributed by atoms with Crippen molar-refractivity contribution in [2.24, 2.45) is 7.05 Å². The summed E-state index contributed by atoms with van der Waals surface area (Å²) in [5, 5.41) is 7.74. The van der Waals surface area contributed by atoms with Crippen LogP contribution in [0.3, 0.4) is 0 Å². The number of nitrogens with zero attached hydrogens (tertiary/aromatic N) is 3. The monoisotopic (exact) mass is 294 g/mol. The van der Waals surface area contributed by atoms with Gasteiger partial charge in [-0.1, -0.05) is 6.07 Å². The van der Waals surface area contributed by atoms with Crippen LogP contribution in [0.2, 0.25) is 0 Å². The summed E-state index contributed by atoms with van der Waals surface area (Å²) in [6, 6.07) is 5.90. The van der Waals surface area contributed by atoms with Gasteiger partial charge in [-0.3, -0.25) is 4.68 Å². The minimum atomic E-state index is 0.701. The topological polar surface area (TPSA) is 42.7 Å². The summed E-state index contributed by atoms with van der Waals surface area (Å²) >= 11 is 3.37. The van der Waals surface area contributed by atoms with E-state index >= 15 is 0 Å². The van der Waals surface area contributed by atoms with E-state index in [2.05, 4.69) is 38.3 Å². The molecule has 2 aromatic heterocycles. The molecule has 2 aromatic rings. The lowest BCUT2D eigenvalue weighted by molar-refractivity contribution is 0.731. The fraction of sp³-hybridized carbons (Fsp3) is 0.333. The second kappa shape index (κ2) is 4.87. The number of aromatic nitrogens is 3. The number of anilines is 1. The van der Waals surface area contributed by atoms with Gasteiger partial charge in [-0.15, -0.1) is 0 Å². The minimum Gasteiger partial charge on any atom is -0.376 e. The quantitative estimate of drug-likeness (QED) is 0.885. The molecule has 0 aliphatic heterocycles. The van der Waals surface area contributed by atoms with Crippen LogP contribution in [0.4, 0.5) is 5.69 Å². The molecule has 90 valence electrons. The number of rotatable bonds is 3. The van der Waals surface area contributed by atoms with Gasteiger partial charge >= 0.3 is 0 Å². The zero-order valence-corrected chi connectivity index (χ0v) is 11.7. The lowest BCUT2D eigenvalue weighted by atomic mass is 10.3. The SMILES string of the molecule is Cc1nn(C)c(C)c1NCc1cccc(Br)n1. The molecule has 0 aromatic carbocycles. The highest BCUT2D eigenvalue weighted by molar-refractivity contribution is 9.10. The van der Waals surface area contributed by atoms with Crippen molar-refractivity contribution in [3.8, 4) is 0 Å². The summed E-state index contributed by atoms with van der Waals surface area (Å²) < 4.78 is 2.74. The Morgan fingerprint density at radius 1 is 1.35 bits per heavy atom. The predicted octanol–water partition coefficient (Wildman–Crippen LogP) is 2.81. The maximum absolute atomic E-state index is 4.38. The van der Waals surface area contributed by atoms with Crippen LogP contribution in [0, 0.1) is 13.8 Å². The van der Waals surface area contributed by atoms with Crippen LogP contribution in [-0.2, 0) is 13.6 Å². The van der Waals surface area contributed by atoms with Crippen molar-refractivity contribution in [3.63, 3.8) is 0 Å². The Kier molecular flexibility index (Phi) is 3.47. The highest BCUT2D eigenvalue weighted by atomic mass is 79.9. The maximum atomic E-state index is 4.38. The Hall–Kier alpha value is -1.36. The molecule has 0 fully saturated rings. The number of hydrogen-bond donors (Lipinski definition) is 1. The zero-order chi connectivity index (χ0) is 12.4. The average Bonchev–Trinajstić information content (AvgIpc) is 2.51. The van der Waals surface area contributed by atoms with E-state index in [1.807, 2.05) is 36.9 Å². The molecule has 0 aliphatic rings. The Morgan fingerprint density at radius 2 is 2.12 bits per heavy atom. The standard InChI is InChI=1S/C12H15BrN4/c1-8-12(9(2)17(3)16-8)14-7-10-5-4-6-11(13)15-10/h4-6,14H,7H2,1-3H3. The van der Waals surface area contributed by atoms with Gasteiger partial charge in [0, 0.05) is 7.05 Å². The number of hydrogen-bond acceptors (Lipinski definition) is 3. The second-order valence-corrected chi connectivity index (χ2v) is 4.79. The van der Waals surface area contributed by atoms with Gasteiger partial charge < -0.3 is 5.32 Å². The molecule has 5 heteroatoms. The smallest absolute Gasteiger partial charge is 0.106 e. The van der Waals surface area contributed by atoms with E-state index in [9.17, 15) is 0 Å². The molecular formula is C12H15BrN4. The van der Waals surface area contributed by atoms with Crippen molar-refractivity contribution < 1.29 is 0 Å². The first-order valence-electron chi connectivity index (χ1n) is 5.43. The van der Waals surface area contributed by atoms with Gasteiger partial charge in [0.2, 0.25) is 0 Å². The molecule has 0 spiro atoms. The van der Waals surface area contributed by atoms with Crippen molar-refractivity contribution in [2.75, 3.05) is 5.32 Å². The van der Waals surface area contributed by atoms with E-state index in [0.717, 1.165) is 27.4 Å². The van der Waals surface area contributed by atoms with Crippen molar-refractivity contribution in [3.05, 3.63) is 39.9 Å². The van der Waals surface area contributed by atoms with Crippen LogP contribution >= 0.6 is 15.9 Å². The summed E-state index contributed by atoms with van der Waals surface area (Å²) in [5.74, 6) is 0. The van der Waals surface area contributed by atoms with Crippen LogP contribution in [0.1, 0.15) is 17.1 Å². The first-order valence-corrected chi connectivity index (χ1v) is 6.22. The fourth-order valence-corrected chi connectivity index (χ4v) is 2.14. The van der Waals surface area contributed by atoms with E-state index in [-0.39, 0.29) is 0 Å². The Labute approximate surface area is 109 Å². The van der Waals surface area contributed by atoms with Gasteiger partial charge in [0.05, 0.1) is 29.3 Å². The lowest BCUT2D eigenvalue weighted by Gasteiger charge is -2.06. The molecule has 0 unspecified atom stereocenters. The largest absolute Gasteiger partial charge is 0.376 e. The number of nitrogens with one attached hydrogen (secondary N) is 1. The summed E-state index contributed by atoms with van der Waals surface area (Å²) in [7, 11) is 1.95. The van der Waals surface area contributed by atoms with Crippen molar-refractivity contribution in [1.29, 1.82) is 0 Å². The zero-order valence-electron chi connectivity index (χ0n) is 10.2. The molecule has 0 saturated carbocycles. The molecule has 2 heterocycles. The van der Waals surface area contributed by atoms with Crippen molar-refractivity contribution in [1.82, 2.24) is 14.8 Å². The molecule has 0 amide bonds. The van der Waals surface area contributed by atoms with Crippen LogP contribution in [0.25, 0.3) is 0 Å². The van der Waals surface area contributed by atoms with Crippen LogP contribution in [0.5, 0.6) is 0 Å². The second-order valence-electron chi connectivity index (χ2n) is 3.97. The van der Waals surface area contributed by atoms with E-state index in [4.69, 9.17) is 0 Å². The summed E-state index contributed by atoms with van der Waals surface area (Å²) in [4.78, 5) is 4.38. The molecule has 2 rings (SSSR count). The summed E-state index contributed by atoms with van der Waals surface area (Å²) in [6.45, 7) is 4.76. The molecule has 0 bridgehead atoms. The molecule has 1 N–H and O–H groups in total. The third kappa shape index (κ3) is 2.66. The lowest BCUT2D eigenvalue weighted by Crippen LogP contribution is -2.03. The van der Waals surface area contributed by atoms with Gasteiger partial charge in [0.25, 0.3) is 0 Å². The molecular weight excluding hydrogens is 280 g/mol. The van der Waals surface area contributed by atoms with Crippen LogP contribution in [0.15, 0.2) is 22.8 Å². The third-order valence-corrected chi connectivity index (χ3v) is 3.17. The van der Waals surface area contributed by atoms with E-state index < -0.39 is 0 Å². The minimum absolute atomic E-state index is 0.701. The predicted molar refractivity (Wildman–Crippen MR) is 71.9 cm³/mol. The molecule has 0 aliphatic carbocycles. The highest BCUT2D eigenvalue weighted by Gasteiger charge is 2.08. The Bertz CT molecular complexity index is 533. The number of pyridine rings is 1. The molecule has 0 atom stereocenters. The maximum Gasteiger partial charge on any atom is 0.106 e. The first kappa shape index (κ1) is 12.1. The van der Waals surface area contributed by atoms with Gasteiger partial charge in [-0.2, -0.15) is 5.10 Å². The first-order chi connectivity index (χ1) is 8.08. The van der Waals surface area contributed by atoms with Gasteiger partial charge in [0.1, 0.15) is 4.60 Å². The fourth-order valence-electron chi connectivity index (χ4n) is 1.76. The summed E-state index contributed by atoms with van der Waals surface area (Å²) in [6.07, 6.45) is 0. The van der Waals surface area contributed by atoms with Crippen molar-refractivity contribution >= 4 is 21.6 Å². The number of halogens is 1. The van der Waals surface area contributed by atoms with E-state index in [0.29, 0.717) is 6.54 Å². The number of aryl methyl sites for hydroxylation is 2. The molecule has 0 saturated heterocycles. The van der Waals surface area contributed by atoms with E-state index in [1.165, 1.54) is 0 Å². The van der Waals surface area contributed by atoms with Crippen LogP contribution < -0.4 is 5.32 Å². The van der Waals surface area contributed by atoms with Crippen LogP contribution in [-0.4, -0.2) is 14.8 Å².